The first-order valence-corrected chi connectivity index (χ1v) is 6.71. The van der Waals surface area contributed by atoms with Crippen LogP contribution in [0.25, 0.3) is 0 Å². The molecular formula is C14H23N3O2. The number of aromatic nitrogens is 2. The lowest BCUT2D eigenvalue weighted by molar-refractivity contribution is -0.159. The van der Waals surface area contributed by atoms with Crippen LogP contribution in [-0.2, 0) is 16.6 Å². The molecule has 0 amide bonds. The van der Waals surface area contributed by atoms with Gasteiger partial charge in [0.25, 0.3) is 0 Å². The van der Waals surface area contributed by atoms with Crippen molar-refractivity contribution >= 4 is 5.97 Å². The summed E-state index contributed by atoms with van der Waals surface area (Å²) >= 11 is 0. The van der Waals surface area contributed by atoms with Gasteiger partial charge in [-0.2, -0.15) is 5.10 Å². The molecule has 19 heavy (non-hydrogen) atoms. The van der Waals surface area contributed by atoms with E-state index in [9.17, 15) is 4.79 Å². The van der Waals surface area contributed by atoms with Gasteiger partial charge in [-0.3, -0.25) is 9.48 Å². The number of hydrogen-bond acceptors (Lipinski definition) is 4. The Morgan fingerprint density at radius 3 is 2.68 bits per heavy atom. The van der Waals surface area contributed by atoms with Crippen LogP contribution in [0.5, 0.6) is 0 Å². The fourth-order valence-electron chi connectivity index (χ4n) is 2.51. The van der Waals surface area contributed by atoms with E-state index in [1.165, 1.54) is 0 Å². The molecule has 1 aliphatic rings. The molecule has 5 heteroatoms. The van der Waals surface area contributed by atoms with Crippen molar-refractivity contribution in [3.05, 3.63) is 17.5 Å². The average molecular weight is 265 g/mol. The molecule has 5 nitrogen and oxygen atoms in total. The maximum Gasteiger partial charge on any atom is 0.311 e. The number of esters is 1. The number of rotatable bonds is 2. The molecule has 1 fully saturated rings. The molecule has 1 aromatic rings. The van der Waals surface area contributed by atoms with Gasteiger partial charge in [0.05, 0.1) is 12.1 Å². The van der Waals surface area contributed by atoms with Crippen LogP contribution in [-0.4, -0.2) is 34.4 Å². The fourth-order valence-corrected chi connectivity index (χ4v) is 2.51. The van der Waals surface area contributed by atoms with Crippen molar-refractivity contribution in [1.82, 2.24) is 15.1 Å². The Balaban J connectivity index is 2.17. The minimum Gasteiger partial charge on any atom is -0.460 e. The number of nitrogens with zero attached hydrogens (tertiary/aromatic N) is 2. The zero-order valence-corrected chi connectivity index (χ0v) is 12.4. The number of carbonyl (C=O) groups is 1. The molecule has 1 saturated heterocycles. The molecule has 106 valence electrons. The number of ether oxygens (including phenoxy) is 1. The van der Waals surface area contributed by atoms with Crippen LogP contribution in [0.3, 0.4) is 0 Å². The van der Waals surface area contributed by atoms with Crippen molar-refractivity contribution in [2.75, 3.05) is 13.1 Å². The van der Waals surface area contributed by atoms with Crippen molar-refractivity contribution in [2.45, 2.75) is 39.2 Å². The molecule has 2 atom stereocenters. The highest BCUT2D eigenvalue weighted by Crippen LogP contribution is 2.31. The first-order chi connectivity index (χ1) is 8.79. The van der Waals surface area contributed by atoms with E-state index in [-0.39, 0.29) is 17.8 Å². The molecule has 2 heterocycles. The number of carbonyl (C=O) groups excluding carboxylic acids is 1. The maximum atomic E-state index is 12.3. The van der Waals surface area contributed by atoms with Crippen LogP contribution in [0.4, 0.5) is 0 Å². The summed E-state index contributed by atoms with van der Waals surface area (Å²) in [5, 5.41) is 7.55. The largest absolute Gasteiger partial charge is 0.460 e. The molecule has 0 saturated carbocycles. The van der Waals surface area contributed by atoms with Gasteiger partial charge < -0.3 is 10.1 Å². The third kappa shape index (κ3) is 2.97. The molecule has 0 aliphatic carbocycles. The summed E-state index contributed by atoms with van der Waals surface area (Å²) in [6.45, 7) is 9.21. The van der Waals surface area contributed by atoms with E-state index < -0.39 is 5.60 Å². The first-order valence-electron chi connectivity index (χ1n) is 6.71. The molecule has 0 bridgehead atoms. The number of aryl methyl sites for hydroxylation is 1. The molecule has 1 aromatic heterocycles. The van der Waals surface area contributed by atoms with E-state index in [1.54, 1.807) is 0 Å². The number of hydrogen-bond donors (Lipinski definition) is 1. The second kappa shape index (κ2) is 4.96. The summed E-state index contributed by atoms with van der Waals surface area (Å²) in [5.41, 5.74) is 1.82. The van der Waals surface area contributed by atoms with Gasteiger partial charge >= 0.3 is 5.97 Å². The summed E-state index contributed by atoms with van der Waals surface area (Å²) in [6, 6.07) is 0. The minimum absolute atomic E-state index is 0.120. The summed E-state index contributed by atoms with van der Waals surface area (Å²) in [6.07, 6.45) is 1.87. The van der Waals surface area contributed by atoms with Crippen LogP contribution < -0.4 is 5.32 Å². The maximum absolute atomic E-state index is 12.3. The van der Waals surface area contributed by atoms with Crippen molar-refractivity contribution in [3.63, 3.8) is 0 Å². The van der Waals surface area contributed by atoms with E-state index in [1.807, 2.05) is 45.6 Å². The van der Waals surface area contributed by atoms with Gasteiger partial charge in [-0.15, -0.1) is 0 Å². The van der Waals surface area contributed by atoms with Crippen LogP contribution in [0.2, 0.25) is 0 Å². The van der Waals surface area contributed by atoms with E-state index >= 15 is 0 Å². The molecule has 0 radical (unpaired) electrons. The van der Waals surface area contributed by atoms with Crippen molar-refractivity contribution < 1.29 is 9.53 Å². The summed E-state index contributed by atoms with van der Waals surface area (Å²) in [4.78, 5) is 12.3. The topological polar surface area (TPSA) is 56.1 Å². The zero-order chi connectivity index (χ0) is 14.2. The van der Waals surface area contributed by atoms with Crippen LogP contribution in [0.1, 0.15) is 37.9 Å². The van der Waals surface area contributed by atoms with Gasteiger partial charge in [0.15, 0.2) is 0 Å². The highest BCUT2D eigenvalue weighted by atomic mass is 16.6. The minimum atomic E-state index is -0.436. The molecule has 0 spiro atoms. The second-order valence-corrected chi connectivity index (χ2v) is 6.21. The SMILES string of the molecule is Cc1c(C2CNCC2C(=O)OC(C)(C)C)cnn1C. The zero-order valence-electron chi connectivity index (χ0n) is 12.4. The Labute approximate surface area is 114 Å². The Kier molecular flexibility index (Phi) is 3.67. The molecule has 2 unspecified atom stereocenters. The predicted octanol–water partition coefficient (Wildman–Crippen LogP) is 1.37. The smallest absolute Gasteiger partial charge is 0.311 e. The van der Waals surface area contributed by atoms with Crippen LogP contribution in [0.15, 0.2) is 6.20 Å². The van der Waals surface area contributed by atoms with Crippen LogP contribution in [0, 0.1) is 12.8 Å². The molecule has 2 rings (SSSR count). The van der Waals surface area contributed by atoms with Gasteiger partial charge in [-0.25, -0.2) is 0 Å². The van der Waals surface area contributed by atoms with Crippen molar-refractivity contribution in [1.29, 1.82) is 0 Å². The van der Waals surface area contributed by atoms with Gasteiger partial charge in [0.2, 0.25) is 0 Å². The van der Waals surface area contributed by atoms with Gasteiger partial charge in [-0.05, 0) is 33.3 Å². The molecule has 1 aliphatic heterocycles. The molecular weight excluding hydrogens is 242 g/mol. The molecule has 0 aromatic carbocycles. The quantitative estimate of drug-likeness (QED) is 0.821. The molecule has 1 N–H and O–H groups in total. The van der Waals surface area contributed by atoms with E-state index in [0.717, 1.165) is 17.8 Å². The second-order valence-electron chi connectivity index (χ2n) is 6.21. The Hall–Kier alpha value is -1.36. The van der Waals surface area contributed by atoms with E-state index in [4.69, 9.17) is 4.74 Å². The average Bonchev–Trinajstić information content (AvgIpc) is 2.85. The van der Waals surface area contributed by atoms with E-state index in [0.29, 0.717) is 6.54 Å². The summed E-state index contributed by atoms with van der Waals surface area (Å²) < 4.78 is 7.36. The number of nitrogens with one attached hydrogen (secondary N) is 1. The van der Waals surface area contributed by atoms with E-state index in [2.05, 4.69) is 10.4 Å². The standard InChI is InChI=1S/C14H23N3O2/c1-9-10(8-16-17(9)5)11-6-15-7-12(11)13(18)19-14(2,3)4/h8,11-12,15H,6-7H2,1-5H3. The predicted molar refractivity (Wildman–Crippen MR) is 72.9 cm³/mol. The van der Waals surface area contributed by atoms with Crippen molar-refractivity contribution in [2.24, 2.45) is 13.0 Å². The van der Waals surface area contributed by atoms with Crippen molar-refractivity contribution in [3.8, 4) is 0 Å². The first kappa shape index (κ1) is 14.1. The lowest BCUT2D eigenvalue weighted by Crippen LogP contribution is -2.31. The van der Waals surface area contributed by atoms with Gasteiger partial charge in [0, 0.05) is 31.7 Å². The third-order valence-electron chi connectivity index (χ3n) is 3.60. The highest BCUT2D eigenvalue weighted by molar-refractivity contribution is 5.75. The normalized spacial score (nSPS) is 23.6. The highest BCUT2D eigenvalue weighted by Gasteiger charge is 2.38. The Morgan fingerprint density at radius 1 is 1.47 bits per heavy atom. The Morgan fingerprint density at radius 2 is 2.16 bits per heavy atom. The summed E-state index contributed by atoms with van der Waals surface area (Å²) in [7, 11) is 1.92. The lowest BCUT2D eigenvalue weighted by Gasteiger charge is -2.24. The fraction of sp³-hybridized carbons (Fsp3) is 0.714. The third-order valence-corrected chi connectivity index (χ3v) is 3.60. The lowest BCUT2D eigenvalue weighted by atomic mass is 9.89. The monoisotopic (exact) mass is 265 g/mol. The van der Waals surface area contributed by atoms with Gasteiger partial charge in [-0.1, -0.05) is 0 Å². The summed E-state index contributed by atoms with van der Waals surface area (Å²) in [5.74, 6) is -0.0866. The van der Waals surface area contributed by atoms with Gasteiger partial charge in [0.1, 0.15) is 5.60 Å². The van der Waals surface area contributed by atoms with Crippen LogP contribution >= 0.6 is 0 Å². The Bertz CT molecular complexity index is 474.